The predicted molar refractivity (Wildman–Crippen MR) is 63.7 cm³/mol. The second kappa shape index (κ2) is 4.87. The molecular formula is C11H12N2O4S. The molecule has 0 aromatic carbocycles. The van der Waals surface area contributed by atoms with Crippen LogP contribution < -0.4 is 0 Å². The maximum atomic E-state index is 12.2. The molecule has 96 valence electrons. The molecule has 0 aliphatic carbocycles. The molecule has 0 radical (unpaired) electrons. The van der Waals surface area contributed by atoms with E-state index >= 15 is 0 Å². The standard InChI is InChI=1S/C11H12N2O4S/c14-11(15)9-4-5-10(12-8-9)18(16,17)13-6-2-1-3-7-13/h1-2,4-5,8H,3,6-7H2,(H,14,15). The predicted octanol–water partition coefficient (Wildman–Crippen LogP) is 0.730. The first-order valence-corrected chi connectivity index (χ1v) is 6.80. The molecule has 1 aliphatic heterocycles. The van der Waals surface area contributed by atoms with Gasteiger partial charge in [0.2, 0.25) is 0 Å². The minimum atomic E-state index is -3.63. The summed E-state index contributed by atoms with van der Waals surface area (Å²) in [6.07, 6.45) is 5.43. The van der Waals surface area contributed by atoms with Crippen LogP contribution in [-0.4, -0.2) is 41.9 Å². The molecule has 0 amide bonds. The second-order valence-corrected chi connectivity index (χ2v) is 5.70. The summed E-state index contributed by atoms with van der Waals surface area (Å²) >= 11 is 0. The Morgan fingerprint density at radius 2 is 2.11 bits per heavy atom. The van der Waals surface area contributed by atoms with E-state index in [9.17, 15) is 13.2 Å². The summed E-state index contributed by atoms with van der Waals surface area (Å²) in [5.41, 5.74) is -0.0347. The van der Waals surface area contributed by atoms with Gasteiger partial charge < -0.3 is 5.11 Å². The highest BCUT2D eigenvalue weighted by molar-refractivity contribution is 7.89. The van der Waals surface area contributed by atoms with Crippen LogP contribution in [0.2, 0.25) is 0 Å². The van der Waals surface area contributed by atoms with E-state index < -0.39 is 16.0 Å². The fourth-order valence-electron chi connectivity index (χ4n) is 1.63. The molecule has 0 atom stereocenters. The molecule has 0 bridgehead atoms. The van der Waals surface area contributed by atoms with Crippen LogP contribution >= 0.6 is 0 Å². The van der Waals surface area contributed by atoms with Crippen molar-refractivity contribution in [3.8, 4) is 0 Å². The molecule has 2 heterocycles. The molecule has 1 aromatic heterocycles. The van der Waals surface area contributed by atoms with E-state index in [1.165, 1.54) is 16.4 Å². The van der Waals surface area contributed by atoms with Crippen LogP contribution in [-0.2, 0) is 10.0 Å². The van der Waals surface area contributed by atoms with Gasteiger partial charge in [-0.15, -0.1) is 0 Å². The van der Waals surface area contributed by atoms with E-state index in [2.05, 4.69) is 4.98 Å². The van der Waals surface area contributed by atoms with Crippen LogP contribution in [0.1, 0.15) is 16.8 Å². The molecule has 6 nitrogen and oxygen atoms in total. The molecule has 0 spiro atoms. The lowest BCUT2D eigenvalue weighted by Crippen LogP contribution is -2.34. The van der Waals surface area contributed by atoms with Crippen molar-refractivity contribution in [2.45, 2.75) is 11.4 Å². The van der Waals surface area contributed by atoms with Crippen molar-refractivity contribution in [1.29, 1.82) is 0 Å². The minimum absolute atomic E-state index is 0.0347. The van der Waals surface area contributed by atoms with Crippen molar-refractivity contribution < 1.29 is 18.3 Å². The number of carboxylic acids is 1. The number of rotatable bonds is 3. The van der Waals surface area contributed by atoms with Crippen molar-refractivity contribution >= 4 is 16.0 Å². The monoisotopic (exact) mass is 268 g/mol. The highest BCUT2D eigenvalue weighted by Gasteiger charge is 2.25. The zero-order valence-corrected chi connectivity index (χ0v) is 10.3. The van der Waals surface area contributed by atoms with Crippen LogP contribution in [0.25, 0.3) is 0 Å². The van der Waals surface area contributed by atoms with Gasteiger partial charge in [0.1, 0.15) is 0 Å². The molecule has 2 rings (SSSR count). The summed E-state index contributed by atoms with van der Waals surface area (Å²) in [4.78, 5) is 14.4. The third-order valence-electron chi connectivity index (χ3n) is 2.61. The number of hydrogen-bond acceptors (Lipinski definition) is 4. The summed E-state index contributed by atoms with van der Waals surface area (Å²) in [6, 6.07) is 2.46. The normalized spacial score (nSPS) is 16.7. The maximum absolute atomic E-state index is 12.2. The first kappa shape index (κ1) is 12.7. The lowest BCUT2D eigenvalue weighted by molar-refractivity contribution is 0.0696. The summed E-state index contributed by atoms with van der Waals surface area (Å²) in [6.45, 7) is 0.742. The van der Waals surface area contributed by atoms with E-state index in [1.54, 1.807) is 6.08 Å². The number of carbonyl (C=O) groups is 1. The van der Waals surface area contributed by atoms with Gasteiger partial charge >= 0.3 is 5.97 Å². The quantitative estimate of drug-likeness (QED) is 0.816. The Hall–Kier alpha value is -1.73. The Labute approximate surface area is 105 Å². The topological polar surface area (TPSA) is 87.6 Å². The van der Waals surface area contributed by atoms with Crippen molar-refractivity contribution in [1.82, 2.24) is 9.29 Å². The smallest absolute Gasteiger partial charge is 0.337 e. The van der Waals surface area contributed by atoms with Gasteiger partial charge in [-0.1, -0.05) is 12.2 Å². The molecule has 18 heavy (non-hydrogen) atoms. The van der Waals surface area contributed by atoms with Crippen molar-refractivity contribution in [3.63, 3.8) is 0 Å². The van der Waals surface area contributed by atoms with Crippen LogP contribution in [0.15, 0.2) is 35.5 Å². The highest BCUT2D eigenvalue weighted by Crippen LogP contribution is 2.16. The fraction of sp³-hybridized carbons (Fsp3) is 0.273. The lowest BCUT2D eigenvalue weighted by atomic mass is 10.3. The van der Waals surface area contributed by atoms with E-state index in [0.29, 0.717) is 19.5 Å². The van der Waals surface area contributed by atoms with Gasteiger partial charge in [-0.25, -0.2) is 18.2 Å². The molecular weight excluding hydrogens is 256 g/mol. The average Bonchev–Trinajstić information content (AvgIpc) is 2.40. The van der Waals surface area contributed by atoms with Gasteiger partial charge in [-0.2, -0.15) is 4.31 Å². The van der Waals surface area contributed by atoms with E-state index in [0.717, 1.165) is 6.20 Å². The van der Waals surface area contributed by atoms with Gasteiger partial charge in [-0.05, 0) is 18.6 Å². The van der Waals surface area contributed by atoms with Crippen molar-refractivity contribution in [2.75, 3.05) is 13.1 Å². The first-order chi connectivity index (χ1) is 8.51. The van der Waals surface area contributed by atoms with Crippen LogP contribution in [0.3, 0.4) is 0 Å². The van der Waals surface area contributed by atoms with Gasteiger partial charge in [0.25, 0.3) is 10.0 Å². The highest BCUT2D eigenvalue weighted by atomic mass is 32.2. The van der Waals surface area contributed by atoms with E-state index in [1.807, 2.05) is 6.08 Å². The molecule has 1 aromatic rings. The summed E-state index contributed by atoms with van der Waals surface area (Å²) in [7, 11) is -3.63. The fourth-order valence-corrected chi connectivity index (χ4v) is 2.95. The van der Waals surface area contributed by atoms with E-state index in [-0.39, 0.29) is 10.6 Å². The zero-order chi connectivity index (χ0) is 13.2. The Morgan fingerprint density at radius 1 is 1.33 bits per heavy atom. The number of sulfonamides is 1. The maximum Gasteiger partial charge on any atom is 0.337 e. The SMILES string of the molecule is O=C(O)c1ccc(S(=O)(=O)N2CC=CCC2)nc1. The Kier molecular flexibility index (Phi) is 3.44. The first-order valence-electron chi connectivity index (χ1n) is 5.36. The molecule has 0 saturated heterocycles. The number of carboxylic acid groups (broad SMARTS) is 1. The Morgan fingerprint density at radius 3 is 2.61 bits per heavy atom. The number of hydrogen-bond donors (Lipinski definition) is 1. The Balaban J connectivity index is 2.29. The third kappa shape index (κ3) is 2.41. The minimum Gasteiger partial charge on any atom is -0.478 e. The summed E-state index contributed by atoms with van der Waals surface area (Å²) in [5.74, 6) is -1.13. The number of aromatic carboxylic acids is 1. The second-order valence-electron chi connectivity index (χ2n) is 3.81. The average molecular weight is 268 g/mol. The van der Waals surface area contributed by atoms with Crippen LogP contribution in [0.4, 0.5) is 0 Å². The number of pyridine rings is 1. The van der Waals surface area contributed by atoms with Gasteiger partial charge in [0, 0.05) is 19.3 Å². The summed E-state index contributed by atoms with van der Waals surface area (Å²) in [5, 5.41) is 8.60. The molecule has 0 unspecified atom stereocenters. The Bertz CT molecular complexity index is 578. The van der Waals surface area contributed by atoms with E-state index in [4.69, 9.17) is 5.11 Å². The number of aromatic nitrogens is 1. The lowest BCUT2D eigenvalue weighted by Gasteiger charge is -2.22. The summed E-state index contributed by atoms with van der Waals surface area (Å²) < 4.78 is 25.6. The zero-order valence-electron chi connectivity index (χ0n) is 9.48. The molecule has 0 fully saturated rings. The largest absolute Gasteiger partial charge is 0.478 e. The molecule has 0 saturated carbocycles. The van der Waals surface area contributed by atoms with Gasteiger partial charge in [0.05, 0.1) is 5.56 Å². The van der Waals surface area contributed by atoms with Gasteiger partial charge in [0.15, 0.2) is 5.03 Å². The van der Waals surface area contributed by atoms with Crippen LogP contribution in [0, 0.1) is 0 Å². The van der Waals surface area contributed by atoms with Gasteiger partial charge in [-0.3, -0.25) is 0 Å². The molecule has 7 heteroatoms. The number of nitrogens with zero attached hydrogens (tertiary/aromatic N) is 2. The third-order valence-corrected chi connectivity index (χ3v) is 4.39. The van der Waals surface area contributed by atoms with Crippen molar-refractivity contribution in [2.24, 2.45) is 0 Å². The van der Waals surface area contributed by atoms with Crippen molar-refractivity contribution in [3.05, 3.63) is 36.0 Å². The molecule has 1 N–H and O–H groups in total. The molecule has 1 aliphatic rings. The van der Waals surface area contributed by atoms with Crippen LogP contribution in [0.5, 0.6) is 0 Å².